The van der Waals surface area contributed by atoms with E-state index in [9.17, 15) is 15.3 Å². The molecule has 0 fully saturated rings. The molecule has 0 saturated carbocycles. The Morgan fingerprint density at radius 1 is 1.42 bits per heavy atom. The number of nitrogens with zero attached hydrogens (tertiary/aromatic N) is 2. The smallest absolute Gasteiger partial charge is 0.140 e. The van der Waals surface area contributed by atoms with Crippen LogP contribution in [0.5, 0.6) is 0 Å². The lowest BCUT2D eigenvalue weighted by atomic mass is 10.0. The average molecular weight is 170 g/mol. The average Bonchev–Trinajstić information content (AvgIpc) is 2.48. The standard InChI is InChI=1S/C7H10N2O3/c10-4-3-9-2-1-8-7(9)6(12)5(4)11/h1-2,4-6,10-12H,3H2/t4-,5-,6+/m1/s1. The number of hydrogen-bond acceptors (Lipinski definition) is 4. The van der Waals surface area contributed by atoms with Crippen LogP contribution in [0.4, 0.5) is 0 Å². The predicted molar refractivity (Wildman–Crippen MR) is 39.2 cm³/mol. The number of imidazole rings is 1. The summed E-state index contributed by atoms with van der Waals surface area (Å²) in [6.07, 6.45) is 0.0714. The van der Waals surface area contributed by atoms with E-state index in [0.29, 0.717) is 5.82 Å². The first-order valence-electron chi connectivity index (χ1n) is 3.75. The molecule has 5 heteroatoms. The molecule has 1 aliphatic heterocycles. The first kappa shape index (κ1) is 7.72. The summed E-state index contributed by atoms with van der Waals surface area (Å²) in [7, 11) is 0. The highest BCUT2D eigenvalue weighted by atomic mass is 16.4. The molecule has 0 radical (unpaired) electrons. The molecule has 3 N–H and O–H groups in total. The topological polar surface area (TPSA) is 78.5 Å². The second-order valence-corrected chi connectivity index (χ2v) is 2.94. The number of rotatable bonds is 0. The van der Waals surface area contributed by atoms with Crippen LogP contribution >= 0.6 is 0 Å². The third-order valence-corrected chi connectivity index (χ3v) is 2.11. The molecule has 12 heavy (non-hydrogen) atoms. The Hall–Kier alpha value is -0.910. The van der Waals surface area contributed by atoms with Crippen molar-refractivity contribution in [1.82, 2.24) is 9.55 Å². The van der Waals surface area contributed by atoms with Crippen molar-refractivity contribution in [1.29, 1.82) is 0 Å². The third kappa shape index (κ3) is 0.945. The normalized spacial score (nSPS) is 34.8. The highest BCUT2D eigenvalue weighted by Gasteiger charge is 2.33. The Balaban J connectivity index is 2.39. The van der Waals surface area contributed by atoms with Crippen molar-refractivity contribution in [3.8, 4) is 0 Å². The van der Waals surface area contributed by atoms with Gasteiger partial charge in [-0.2, -0.15) is 0 Å². The van der Waals surface area contributed by atoms with Crippen molar-refractivity contribution in [2.75, 3.05) is 0 Å². The fraction of sp³-hybridized carbons (Fsp3) is 0.571. The Bertz CT molecular complexity index is 286. The number of aliphatic hydroxyl groups is 3. The summed E-state index contributed by atoms with van der Waals surface area (Å²) in [4.78, 5) is 3.86. The summed E-state index contributed by atoms with van der Waals surface area (Å²) < 4.78 is 1.63. The molecule has 1 aromatic heterocycles. The maximum absolute atomic E-state index is 9.40. The molecule has 1 aromatic rings. The van der Waals surface area contributed by atoms with Crippen molar-refractivity contribution < 1.29 is 15.3 Å². The van der Waals surface area contributed by atoms with Crippen LogP contribution in [-0.4, -0.2) is 37.1 Å². The van der Waals surface area contributed by atoms with Gasteiger partial charge in [0.15, 0.2) is 0 Å². The molecule has 0 aliphatic carbocycles. The van der Waals surface area contributed by atoms with Gasteiger partial charge in [-0.05, 0) is 0 Å². The summed E-state index contributed by atoms with van der Waals surface area (Å²) in [5.74, 6) is 0.410. The van der Waals surface area contributed by atoms with Crippen molar-refractivity contribution in [2.24, 2.45) is 0 Å². The molecule has 0 spiro atoms. The van der Waals surface area contributed by atoms with E-state index in [1.807, 2.05) is 0 Å². The van der Waals surface area contributed by atoms with E-state index < -0.39 is 18.3 Å². The summed E-state index contributed by atoms with van der Waals surface area (Å²) in [5.41, 5.74) is 0. The highest BCUT2D eigenvalue weighted by Crippen LogP contribution is 2.23. The van der Waals surface area contributed by atoms with E-state index in [1.54, 1.807) is 10.8 Å². The second kappa shape index (κ2) is 2.55. The molecular weight excluding hydrogens is 160 g/mol. The molecule has 1 aliphatic rings. The minimum atomic E-state index is -1.13. The van der Waals surface area contributed by atoms with Crippen LogP contribution < -0.4 is 0 Å². The first-order chi connectivity index (χ1) is 5.70. The van der Waals surface area contributed by atoms with Crippen molar-refractivity contribution in [3.05, 3.63) is 18.2 Å². The predicted octanol–water partition coefficient (Wildman–Crippen LogP) is -1.35. The number of aromatic nitrogens is 2. The monoisotopic (exact) mass is 170 g/mol. The third-order valence-electron chi connectivity index (χ3n) is 2.11. The zero-order valence-electron chi connectivity index (χ0n) is 6.33. The molecule has 3 atom stereocenters. The maximum Gasteiger partial charge on any atom is 0.140 e. The summed E-state index contributed by atoms with van der Waals surface area (Å²) >= 11 is 0. The Labute approximate surface area is 68.9 Å². The lowest BCUT2D eigenvalue weighted by Gasteiger charge is -2.28. The second-order valence-electron chi connectivity index (χ2n) is 2.94. The number of aliphatic hydroxyl groups excluding tert-OH is 3. The van der Waals surface area contributed by atoms with Crippen LogP contribution in [0.1, 0.15) is 11.9 Å². The van der Waals surface area contributed by atoms with Crippen LogP contribution in [0.2, 0.25) is 0 Å². The van der Waals surface area contributed by atoms with Gasteiger partial charge in [0.1, 0.15) is 24.1 Å². The van der Waals surface area contributed by atoms with Crippen LogP contribution in [-0.2, 0) is 6.54 Å². The molecule has 0 unspecified atom stereocenters. The Morgan fingerprint density at radius 2 is 2.17 bits per heavy atom. The van der Waals surface area contributed by atoms with Gasteiger partial charge in [-0.1, -0.05) is 0 Å². The summed E-state index contributed by atoms with van der Waals surface area (Å²) in [5, 5.41) is 27.9. The van der Waals surface area contributed by atoms with Crippen LogP contribution in [0, 0.1) is 0 Å². The summed E-state index contributed by atoms with van der Waals surface area (Å²) in [6.45, 7) is 0.285. The molecule has 5 nitrogen and oxygen atoms in total. The fourth-order valence-electron chi connectivity index (χ4n) is 1.41. The number of fused-ring (bicyclic) bond motifs is 1. The zero-order chi connectivity index (χ0) is 8.72. The number of hydrogen-bond donors (Lipinski definition) is 3. The zero-order valence-corrected chi connectivity index (χ0v) is 6.33. The van der Waals surface area contributed by atoms with Gasteiger partial charge in [0.25, 0.3) is 0 Å². The van der Waals surface area contributed by atoms with Gasteiger partial charge in [0, 0.05) is 12.4 Å². The van der Waals surface area contributed by atoms with E-state index >= 15 is 0 Å². The van der Waals surface area contributed by atoms with E-state index in [1.165, 1.54) is 6.20 Å². The first-order valence-corrected chi connectivity index (χ1v) is 3.75. The Kier molecular flexibility index (Phi) is 1.64. The SMILES string of the molecule is O[C@@H]1[C@H](O)Cn2ccnc2[C@H]1O. The van der Waals surface area contributed by atoms with Gasteiger partial charge < -0.3 is 19.9 Å². The van der Waals surface area contributed by atoms with Crippen molar-refractivity contribution >= 4 is 0 Å². The lowest BCUT2D eigenvalue weighted by Crippen LogP contribution is -2.41. The summed E-state index contributed by atoms with van der Waals surface area (Å²) in [6, 6.07) is 0. The molecular formula is C7H10N2O3. The van der Waals surface area contributed by atoms with Crippen LogP contribution in [0.3, 0.4) is 0 Å². The minimum absolute atomic E-state index is 0.285. The quantitative estimate of drug-likeness (QED) is 0.450. The molecule has 2 rings (SSSR count). The maximum atomic E-state index is 9.40. The van der Waals surface area contributed by atoms with E-state index in [2.05, 4.69) is 4.98 Å². The molecule has 2 heterocycles. The van der Waals surface area contributed by atoms with Gasteiger partial charge in [0.2, 0.25) is 0 Å². The van der Waals surface area contributed by atoms with Crippen LogP contribution in [0.25, 0.3) is 0 Å². The largest absolute Gasteiger partial charge is 0.388 e. The lowest BCUT2D eigenvalue weighted by molar-refractivity contribution is -0.0854. The van der Waals surface area contributed by atoms with Crippen molar-refractivity contribution in [2.45, 2.75) is 24.9 Å². The molecule has 0 aromatic carbocycles. The molecule has 0 saturated heterocycles. The fourth-order valence-corrected chi connectivity index (χ4v) is 1.41. The highest BCUT2D eigenvalue weighted by molar-refractivity contribution is 5.04. The Morgan fingerprint density at radius 3 is 2.92 bits per heavy atom. The van der Waals surface area contributed by atoms with Gasteiger partial charge in [-0.15, -0.1) is 0 Å². The minimum Gasteiger partial charge on any atom is -0.388 e. The van der Waals surface area contributed by atoms with E-state index in [-0.39, 0.29) is 6.54 Å². The van der Waals surface area contributed by atoms with Gasteiger partial charge >= 0.3 is 0 Å². The van der Waals surface area contributed by atoms with Crippen molar-refractivity contribution in [3.63, 3.8) is 0 Å². The van der Waals surface area contributed by atoms with E-state index in [0.717, 1.165) is 0 Å². The molecule has 0 bridgehead atoms. The van der Waals surface area contributed by atoms with Gasteiger partial charge in [-0.3, -0.25) is 0 Å². The van der Waals surface area contributed by atoms with Gasteiger partial charge in [-0.25, -0.2) is 4.98 Å². The molecule has 0 amide bonds. The van der Waals surface area contributed by atoms with E-state index in [4.69, 9.17) is 0 Å². The van der Waals surface area contributed by atoms with Crippen LogP contribution in [0.15, 0.2) is 12.4 Å². The molecule has 66 valence electrons. The van der Waals surface area contributed by atoms with Gasteiger partial charge in [0.05, 0.1) is 6.54 Å².